The fourth-order valence-electron chi connectivity index (χ4n) is 2.96. The Morgan fingerprint density at radius 3 is 2.66 bits per heavy atom. The fraction of sp³-hybridized carbons (Fsp3) is 0.364. The van der Waals surface area contributed by atoms with Crippen molar-refractivity contribution >= 4 is 39.5 Å². The van der Waals surface area contributed by atoms with Gasteiger partial charge in [0.1, 0.15) is 11.9 Å². The lowest BCUT2D eigenvalue weighted by molar-refractivity contribution is -0.133. The van der Waals surface area contributed by atoms with E-state index in [0.717, 1.165) is 15.8 Å². The topological polar surface area (TPSA) is 49.4 Å². The van der Waals surface area contributed by atoms with E-state index in [1.54, 1.807) is 40.9 Å². The van der Waals surface area contributed by atoms with E-state index in [0.29, 0.717) is 24.1 Å². The molecule has 2 rings (SSSR count). The number of thioether (sulfide) groups is 1. The predicted octanol–water partition coefficient (Wildman–Crippen LogP) is 4.80. The Hall–Kier alpha value is -1.86. The number of nitrogens with zero attached hydrogens (tertiary/aromatic N) is 1. The average Bonchev–Trinajstić information content (AvgIpc) is 2.71. The second-order valence-electron chi connectivity index (χ2n) is 6.77. The molecule has 0 heterocycles. The monoisotopic (exact) mass is 480 g/mol. The van der Waals surface area contributed by atoms with Crippen molar-refractivity contribution in [1.29, 1.82) is 0 Å². The second-order valence-corrected chi connectivity index (χ2v) is 8.67. The van der Waals surface area contributed by atoms with E-state index in [1.165, 1.54) is 6.07 Å². The molecule has 0 aliphatic carbocycles. The zero-order chi connectivity index (χ0) is 21.4. The summed E-state index contributed by atoms with van der Waals surface area (Å²) < 4.78 is 14.9. The van der Waals surface area contributed by atoms with E-state index in [2.05, 4.69) is 21.2 Å². The quantitative estimate of drug-likeness (QED) is 0.560. The smallest absolute Gasteiger partial charge is 0.251 e. The number of carbonyl (C=O) groups excluding carboxylic acids is 2. The third-order valence-electron chi connectivity index (χ3n) is 4.56. The number of rotatable bonds is 9. The molecule has 0 spiro atoms. The number of amides is 2. The Balaban J connectivity index is 2.18. The van der Waals surface area contributed by atoms with Crippen molar-refractivity contribution in [3.05, 3.63) is 69.4 Å². The van der Waals surface area contributed by atoms with E-state index in [9.17, 15) is 14.0 Å². The molecule has 4 nitrogen and oxygen atoms in total. The molecular formula is C22H26BrFN2O2S. The highest BCUT2D eigenvalue weighted by Crippen LogP contribution is 2.18. The predicted molar refractivity (Wildman–Crippen MR) is 121 cm³/mol. The minimum absolute atomic E-state index is 0.149. The van der Waals surface area contributed by atoms with Crippen molar-refractivity contribution in [2.45, 2.75) is 32.9 Å². The number of hydrogen-bond donors (Lipinski definition) is 1. The molecule has 0 saturated heterocycles. The van der Waals surface area contributed by atoms with Crippen molar-refractivity contribution in [2.75, 3.05) is 18.6 Å². The summed E-state index contributed by atoms with van der Waals surface area (Å²) in [6.07, 6.45) is 2.47. The number of aryl methyl sites for hydroxylation is 1. The molecule has 1 unspecified atom stereocenters. The lowest BCUT2D eigenvalue weighted by Crippen LogP contribution is -2.48. The summed E-state index contributed by atoms with van der Waals surface area (Å²) in [7, 11) is 0. The highest BCUT2D eigenvalue weighted by atomic mass is 79.9. The first-order valence-corrected chi connectivity index (χ1v) is 11.6. The molecule has 0 radical (unpaired) electrons. The zero-order valence-corrected chi connectivity index (χ0v) is 19.3. The average molecular weight is 481 g/mol. The van der Waals surface area contributed by atoms with Gasteiger partial charge >= 0.3 is 0 Å². The van der Waals surface area contributed by atoms with Gasteiger partial charge in [0.15, 0.2) is 0 Å². The molecule has 2 amide bonds. The first-order valence-electron chi connectivity index (χ1n) is 9.44. The Kier molecular flexibility index (Phi) is 9.17. The lowest BCUT2D eigenvalue weighted by Gasteiger charge is -2.27. The molecule has 0 fully saturated rings. The van der Waals surface area contributed by atoms with Crippen molar-refractivity contribution in [3.8, 4) is 0 Å². The number of benzene rings is 2. The van der Waals surface area contributed by atoms with Crippen LogP contribution < -0.4 is 5.32 Å². The molecule has 29 heavy (non-hydrogen) atoms. The standard InChI is InChI=1S/C22H26BrFN2O2S/c1-4-26(14-17-13-18(23)8-9-19(17)24)22(28)20(10-11-29-3)25-21(27)16-7-5-6-15(2)12-16/h5-9,12-13,20H,4,10-11,14H2,1-3H3,(H,25,27). The van der Waals surface area contributed by atoms with Gasteiger partial charge in [-0.25, -0.2) is 4.39 Å². The third-order valence-corrected chi connectivity index (χ3v) is 5.69. The number of carbonyl (C=O) groups is 2. The van der Waals surface area contributed by atoms with Crippen LogP contribution in [0.4, 0.5) is 4.39 Å². The molecule has 2 aromatic carbocycles. The summed E-state index contributed by atoms with van der Waals surface area (Å²) in [4.78, 5) is 27.4. The molecule has 7 heteroatoms. The Labute approximate surface area is 184 Å². The lowest BCUT2D eigenvalue weighted by atomic mass is 10.1. The van der Waals surface area contributed by atoms with Gasteiger partial charge in [-0.15, -0.1) is 0 Å². The maximum atomic E-state index is 14.2. The molecular weight excluding hydrogens is 455 g/mol. The Morgan fingerprint density at radius 1 is 1.24 bits per heavy atom. The molecule has 0 aliphatic rings. The normalized spacial score (nSPS) is 11.8. The van der Waals surface area contributed by atoms with Crippen LogP contribution in [0.3, 0.4) is 0 Å². The van der Waals surface area contributed by atoms with Crippen LogP contribution in [0.15, 0.2) is 46.9 Å². The summed E-state index contributed by atoms with van der Waals surface area (Å²) in [5.74, 6) is -0.114. The minimum Gasteiger partial charge on any atom is -0.340 e. The SMILES string of the molecule is CCN(Cc1cc(Br)ccc1F)C(=O)C(CCSC)NC(=O)c1cccc(C)c1. The first-order chi connectivity index (χ1) is 13.8. The molecule has 0 aliphatic heterocycles. The van der Waals surface area contributed by atoms with Gasteiger partial charge in [-0.3, -0.25) is 9.59 Å². The number of halogens is 2. The van der Waals surface area contributed by atoms with Gasteiger partial charge in [0.05, 0.1) is 0 Å². The van der Waals surface area contributed by atoms with Crippen LogP contribution in [0, 0.1) is 12.7 Å². The zero-order valence-electron chi connectivity index (χ0n) is 16.9. The summed E-state index contributed by atoms with van der Waals surface area (Å²) >= 11 is 4.96. The maximum absolute atomic E-state index is 14.2. The summed E-state index contributed by atoms with van der Waals surface area (Å²) in [5, 5.41) is 2.88. The number of nitrogens with one attached hydrogen (secondary N) is 1. The largest absolute Gasteiger partial charge is 0.340 e. The molecule has 2 aromatic rings. The summed E-state index contributed by atoms with van der Waals surface area (Å²) in [6.45, 7) is 4.33. The van der Waals surface area contributed by atoms with E-state index in [-0.39, 0.29) is 24.2 Å². The van der Waals surface area contributed by atoms with Gasteiger partial charge in [-0.1, -0.05) is 33.6 Å². The van der Waals surface area contributed by atoms with Crippen molar-refractivity contribution in [1.82, 2.24) is 10.2 Å². The summed E-state index contributed by atoms with van der Waals surface area (Å²) in [6, 6.07) is 11.3. The van der Waals surface area contributed by atoms with E-state index in [1.807, 2.05) is 32.2 Å². The summed E-state index contributed by atoms with van der Waals surface area (Å²) in [5.41, 5.74) is 1.93. The van der Waals surface area contributed by atoms with Gasteiger partial charge in [0, 0.05) is 28.7 Å². The van der Waals surface area contributed by atoms with Crippen molar-refractivity contribution in [3.63, 3.8) is 0 Å². The van der Waals surface area contributed by atoms with Crippen LogP contribution in [0.1, 0.15) is 34.8 Å². The molecule has 1 atom stereocenters. The second kappa shape index (κ2) is 11.4. The van der Waals surface area contributed by atoms with Crippen molar-refractivity contribution < 1.29 is 14.0 Å². The van der Waals surface area contributed by atoms with Gasteiger partial charge < -0.3 is 10.2 Å². The molecule has 0 saturated carbocycles. The molecule has 0 aromatic heterocycles. The molecule has 1 N–H and O–H groups in total. The minimum atomic E-state index is -0.661. The van der Waals surface area contributed by atoms with Crippen LogP contribution in [-0.4, -0.2) is 41.3 Å². The van der Waals surface area contributed by atoms with Crippen molar-refractivity contribution in [2.24, 2.45) is 0 Å². The van der Waals surface area contributed by atoms with E-state index >= 15 is 0 Å². The Morgan fingerprint density at radius 2 is 2.00 bits per heavy atom. The molecule has 156 valence electrons. The van der Waals surface area contributed by atoms with E-state index < -0.39 is 6.04 Å². The van der Waals surface area contributed by atoms with Gasteiger partial charge in [0.2, 0.25) is 5.91 Å². The van der Waals surface area contributed by atoms with Gasteiger partial charge in [-0.05, 0) is 62.6 Å². The Bertz CT molecular complexity index is 862. The van der Waals surface area contributed by atoms with Gasteiger partial charge in [0.25, 0.3) is 5.91 Å². The van der Waals surface area contributed by atoms with Gasteiger partial charge in [-0.2, -0.15) is 11.8 Å². The van der Waals surface area contributed by atoms with Crippen LogP contribution >= 0.6 is 27.7 Å². The van der Waals surface area contributed by atoms with Crippen LogP contribution in [0.2, 0.25) is 0 Å². The first kappa shape index (κ1) is 23.4. The van der Waals surface area contributed by atoms with Crippen LogP contribution in [0.5, 0.6) is 0 Å². The highest BCUT2D eigenvalue weighted by molar-refractivity contribution is 9.10. The number of likely N-dealkylation sites (N-methyl/N-ethyl adjacent to an activating group) is 1. The molecule has 0 bridgehead atoms. The maximum Gasteiger partial charge on any atom is 0.251 e. The van der Waals surface area contributed by atoms with Crippen LogP contribution in [0.25, 0.3) is 0 Å². The highest BCUT2D eigenvalue weighted by Gasteiger charge is 2.26. The fourth-order valence-corrected chi connectivity index (χ4v) is 3.84. The van der Waals surface area contributed by atoms with E-state index in [4.69, 9.17) is 0 Å². The number of hydrogen-bond acceptors (Lipinski definition) is 3. The van der Waals surface area contributed by atoms with Crippen LogP contribution in [-0.2, 0) is 11.3 Å². The third kappa shape index (κ3) is 6.85.